The van der Waals surface area contributed by atoms with E-state index in [-0.39, 0.29) is 11.6 Å². The van der Waals surface area contributed by atoms with Crippen LogP contribution in [0.5, 0.6) is 5.75 Å². The highest BCUT2D eigenvalue weighted by atomic mass is 16.6. The number of carbonyl (C=O) groups is 1. The third kappa shape index (κ3) is 5.28. The van der Waals surface area contributed by atoms with Gasteiger partial charge in [0, 0.05) is 5.56 Å². The second-order valence-electron chi connectivity index (χ2n) is 7.79. The van der Waals surface area contributed by atoms with Crippen LogP contribution in [0, 0.1) is 29.9 Å². The van der Waals surface area contributed by atoms with Gasteiger partial charge in [-0.2, -0.15) is 5.10 Å². The number of carbonyl (C=O) groups excluding carboxylic acids is 1. The third-order valence-electron chi connectivity index (χ3n) is 4.78. The number of benzene rings is 2. The van der Waals surface area contributed by atoms with Gasteiger partial charge in [0.25, 0.3) is 5.91 Å². The van der Waals surface area contributed by atoms with E-state index in [0.29, 0.717) is 47.5 Å². The number of amides is 1. The van der Waals surface area contributed by atoms with Gasteiger partial charge in [-0.05, 0) is 49.6 Å². The van der Waals surface area contributed by atoms with Gasteiger partial charge in [0.15, 0.2) is 0 Å². The van der Waals surface area contributed by atoms with Gasteiger partial charge in [-0.1, -0.05) is 38.1 Å². The molecule has 3 aromatic rings. The highest BCUT2D eigenvalue weighted by molar-refractivity contribution is 6.05. The van der Waals surface area contributed by atoms with Gasteiger partial charge in [-0.25, -0.2) is 0 Å². The first-order valence-corrected chi connectivity index (χ1v) is 10.1. The summed E-state index contributed by atoms with van der Waals surface area (Å²) in [7, 11) is 0. The highest BCUT2D eigenvalue weighted by Gasteiger charge is 2.21. The molecule has 1 N–H and O–H groups in total. The first-order valence-electron chi connectivity index (χ1n) is 10.1. The maximum Gasteiger partial charge on any atom is 0.312 e. The molecule has 2 aromatic carbocycles. The molecule has 0 atom stereocenters. The molecule has 31 heavy (non-hydrogen) atoms. The van der Waals surface area contributed by atoms with Crippen LogP contribution in [0.4, 0.5) is 11.4 Å². The van der Waals surface area contributed by atoms with Crippen LogP contribution in [0.15, 0.2) is 48.5 Å². The summed E-state index contributed by atoms with van der Waals surface area (Å²) in [5.41, 5.74) is 2.93. The van der Waals surface area contributed by atoms with Crippen LogP contribution in [0.2, 0.25) is 0 Å². The Hall–Kier alpha value is -3.68. The molecule has 1 amide bonds. The van der Waals surface area contributed by atoms with Gasteiger partial charge in [-0.3, -0.25) is 19.6 Å². The molecule has 0 aliphatic carbocycles. The van der Waals surface area contributed by atoms with Crippen LogP contribution in [0.1, 0.15) is 41.2 Å². The van der Waals surface area contributed by atoms with Crippen molar-refractivity contribution in [3.63, 3.8) is 0 Å². The maximum absolute atomic E-state index is 12.7. The molecule has 0 spiro atoms. The number of rotatable bonds is 8. The molecule has 0 radical (unpaired) electrons. The van der Waals surface area contributed by atoms with E-state index in [4.69, 9.17) is 4.74 Å². The molecule has 0 fully saturated rings. The van der Waals surface area contributed by atoms with Crippen LogP contribution < -0.4 is 10.1 Å². The number of nitrogens with one attached hydrogen (secondary N) is 1. The topological polar surface area (TPSA) is 99.3 Å². The third-order valence-corrected chi connectivity index (χ3v) is 4.78. The molecule has 1 aromatic heterocycles. The summed E-state index contributed by atoms with van der Waals surface area (Å²) < 4.78 is 7.39. The van der Waals surface area contributed by atoms with Gasteiger partial charge in [0.2, 0.25) is 0 Å². The zero-order valence-corrected chi connectivity index (χ0v) is 18.1. The van der Waals surface area contributed by atoms with Crippen molar-refractivity contribution in [1.82, 2.24) is 9.78 Å². The maximum atomic E-state index is 12.7. The fourth-order valence-electron chi connectivity index (χ4n) is 3.19. The van der Waals surface area contributed by atoms with E-state index in [9.17, 15) is 14.9 Å². The largest absolute Gasteiger partial charge is 0.491 e. The van der Waals surface area contributed by atoms with E-state index in [1.54, 1.807) is 36.7 Å². The van der Waals surface area contributed by atoms with Gasteiger partial charge in [-0.15, -0.1) is 0 Å². The molecular weight excluding hydrogens is 396 g/mol. The SMILES string of the molecule is Cc1nn(Cc2ccc(C(=O)Nc3ccccc3OCC(C)C)cc2)c(C)c1[N+](=O)[O-]. The fourth-order valence-corrected chi connectivity index (χ4v) is 3.19. The number of anilines is 1. The standard InChI is InChI=1S/C23H26N4O4/c1-15(2)14-31-21-8-6-5-7-20(21)24-23(28)19-11-9-18(10-12-19)13-26-17(4)22(27(29)30)16(3)25-26/h5-12,15H,13-14H2,1-4H3,(H,24,28). The zero-order chi connectivity index (χ0) is 22.5. The minimum absolute atomic E-state index is 0.0364. The number of para-hydroxylation sites is 2. The average molecular weight is 422 g/mol. The Balaban J connectivity index is 1.70. The van der Waals surface area contributed by atoms with Crippen LogP contribution >= 0.6 is 0 Å². The lowest BCUT2D eigenvalue weighted by Crippen LogP contribution is -2.14. The van der Waals surface area contributed by atoms with Gasteiger partial charge in [0.1, 0.15) is 17.1 Å². The van der Waals surface area contributed by atoms with E-state index in [2.05, 4.69) is 24.3 Å². The predicted octanol–water partition coefficient (Wildman–Crippen LogP) is 4.74. The van der Waals surface area contributed by atoms with Crippen molar-refractivity contribution in [3.05, 3.63) is 81.2 Å². The number of nitro groups is 1. The summed E-state index contributed by atoms with van der Waals surface area (Å²) in [6, 6.07) is 14.4. The van der Waals surface area contributed by atoms with E-state index < -0.39 is 4.92 Å². The van der Waals surface area contributed by atoms with Crippen LogP contribution in [0.25, 0.3) is 0 Å². The van der Waals surface area contributed by atoms with Crippen LogP contribution in [-0.2, 0) is 6.54 Å². The van der Waals surface area contributed by atoms with E-state index in [0.717, 1.165) is 5.56 Å². The first kappa shape index (κ1) is 22.0. The molecule has 162 valence electrons. The number of hydrogen-bond acceptors (Lipinski definition) is 5. The Labute approximate surface area is 181 Å². The van der Waals surface area contributed by atoms with E-state index >= 15 is 0 Å². The molecule has 8 nitrogen and oxygen atoms in total. The summed E-state index contributed by atoms with van der Waals surface area (Å²) in [6.45, 7) is 8.37. The molecule has 0 aliphatic heterocycles. The molecular formula is C23H26N4O4. The summed E-state index contributed by atoms with van der Waals surface area (Å²) in [6.07, 6.45) is 0. The van der Waals surface area contributed by atoms with Crippen molar-refractivity contribution < 1.29 is 14.5 Å². The van der Waals surface area contributed by atoms with Crippen molar-refractivity contribution in [2.24, 2.45) is 5.92 Å². The Bertz CT molecular complexity index is 1090. The Kier molecular flexibility index (Phi) is 6.69. The predicted molar refractivity (Wildman–Crippen MR) is 119 cm³/mol. The van der Waals surface area contributed by atoms with E-state index in [1.165, 1.54) is 0 Å². The Morgan fingerprint density at radius 3 is 2.45 bits per heavy atom. The van der Waals surface area contributed by atoms with Crippen molar-refractivity contribution in [3.8, 4) is 5.75 Å². The lowest BCUT2D eigenvalue weighted by atomic mass is 10.1. The van der Waals surface area contributed by atoms with Crippen LogP contribution in [-0.4, -0.2) is 27.2 Å². The minimum atomic E-state index is -0.412. The first-order chi connectivity index (χ1) is 14.8. The van der Waals surface area contributed by atoms with Crippen molar-refractivity contribution >= 4 is 17.3 Å². The van der Waals surface area contributed by atoms with Crippen LogP contribution in [0.3, 0.4) is 0 Å². The number of ether oxygens (including phenoxy) is 1. The minimum Gasteiger partial charge on any atom is -0.491 e. The lowest BCUT2D eigenvalue weighted by molar-refractivity contribution is -0.386. The summed E-state index contributed by atoms with van der Waals surface area (Å²) in [5.74, 6) is 0.765. The van der Waals surface area contributed by atoms with Crippen molar-refractivity contribution in [1.29, 1.82) is 0 Å². The number of aryl methyl sites for hydroxylation is 1. The number of nitrogens with zero attached hydrogens (tertiary/aromatic N) is 3. The molecule has 0 bridgehead atoms. The second kappa shape index (κ2) is 9.42. The monoisotopic (exact) mass is 422 g/mol. The molecule has 1 heterocycles. The molecule has 0 saturated carbocycles. The Morgan fingerprint density at radius 2 is 1.84 bits per heavy atom. The quantitative estimate of drug-likeness (QED) is 0.417. The zero-order valence-electron chi connectivity index (χ0n) is 18.1. The molecule has 0 unspecified atom stereocenters. The molecule has 8 heteroatoms. The summed E-state index contributed by atoms with van der Waals surface area (Å²) in [5, 5.41) is 18.3. The number of hydrogen-bond donors (Lipinski definition) is 1. The second-order valence-corrected chi connectivity index (χ2v) is 7.79. The average Bonchev–Trinajstić information content (AvgIpc) is 3.00. The highest BCUT2D eigenvalue weighted by Crippen LogP contribution is 2.25. The van der Waals surface area contributed by atoms with Crippen molar-refractivity contribution in [2.75, 3.05) is 11.9 Å². The fraction of sp³-hybridized carbons (Fsp3) is 0.304. The van der Waals surface area contributed by atoms with Gasteiger partial charge >= 0.3 is 5.69 Å². The van der Waals surface area contributed by atoms with Gasteiger partial charge in [0.05, 0.1) is 23.8 Å². The van der Waals surface area contributed by atoms with Crippen molar-refractivity contribution in [2.45, 2.75) is 34.2 Å². The number of aromatic nitrogens is 2. The Morgan fingerprint density at radius 1 is 1.16 bits per heavy atom. The summed E-state index contributed by atoms with van der Waals surface area (Å²) in [4.78, 5) is 23.5. The van der Waals surface area contributed by atoms with E-state index in [1.807, 2.05) is 30.3 Å². The lowest BCUT2D eigenvalue weighted by Gasteiger charge is -2.14. The normalized spacial score (nSPS) is 10.9. The summed E-state index contributed by atoms with van der Waals surface area (Å²) >= 11 is 0. The smallest absolute Gasteiger partial charge is 0.312 e. The van der Waals surface area contributed by atoms with Gasteiger partial charge < -0.3 is 10.1 Å². The molecule has 0 saturated heterocycles. The molecule has 3 rings (SSSR count). The molecule has 0 aliphatic rings.